The van der Waals surface area contributed by atoms with Gasteiger partial charge in [0.05, 0.1) is 12.0 Å². The molecule has 0 spiro atoms. The first kappa shape index (κ1) is 15.4. The third kappa shape index (κ3) is 3.54. The van der Waals surface area contributed by atoms with Crippen LogP contribution in [0.2, 0.25) is 0 Å². The minimum atomic E-state index is -0.838. The van der Waals surface area contributed by atoms with Crippen molar-refractivity contribution in [2.75, 3.05) is 13.1 Å². The molecule has 1 amide bonds. The fraction of sp³-hybridized carbons (Fsp3) is 0.500. The number of likely N-dealkylation sites (tertiary alicyclic amines) is 1. The summed E-state index contributed by atoms with van der Waals surface area (Å²) >= 11 is 0. The molecule has 1 saturated heterocycles. The highest BCUT2D eigenvalue weighted by atomic mass is 16.5. The molecule has 0 aromatic heterocycles. The first-order chi connectivity index (χ1) is 9.88. The summed E-state index contributed by atoms with van der Waals surface area (Å²) in [7, 11) is 0. The van der Waals surface area contributed by atoms with Crippen LogP contribution < -0.4 is 4.74 Å². The summed E-state index contributed by atoms with van der Waals surface area (Å²) in [5.74, 6) is -0.835. The number of benzene rings is 1. The van der Waals surface area contributed by atoms with E-state index in [4.69, 9.17) is 9.84 Å². The number of hydrogen-bond donors (Lipinski definition) is 1. The molecule has 0 radical (unpaired) electrons. The Bertz CT molecular complexity index is 541. The molecule has 1 aromatic rings. The summed E-state index contributed by atoms with van der Waals surface area (Å²) in [6, 6.07) is 7.03. The van der Waals surface area contributed by atoms with Gasteiger partial charge < -0.3 is 14.7 Å². The Labute approximate surface area is 124 Å². The Morgan fingerprint density at radius 1 is 1.33 bits per heavy atom. The highest BCUT2D eigenvalue weighted by Crippen LogP contribution is 2.25. The number of amides is 1. The second kappa shape index (κ2) is 6.16. The van der Waals surface area contributed by atoms with Crippen molar-refractivity contribution in [2.45, 2.75) is 26.9 Å². The van der Waals surface area contributed by atoms with Crippen molar-refractivity contribution in [1.82, 2.24) is 4.90 Å². The maximum absolute atomic E-state index is 12.5. The van der Waals surface area contributed by atoms with E-state index in [1.165, 1.54) is 0 Å². The largest absolute Gasteiger partial charge is 0.491 e. The molecule has 0 aliphatic carbocycles. The summed E-state index contributed by atoms with van der Waals surface area (Å²) in [6.45, 7) is 6.46. The Kier molecular flexibility index (Phi) is 4.50. The molecule has 1 fully saturated rings. The van der Waals surface area contributed by atoms with Crippen molar-refractivity contribution in [1.29, 1.82) is 0 Å². The van der Waals surface area contributed by atoms with Gasteiger partial charge in [-0.05, 0) is 38.0 Å². The monoisotopic (exact) mass is 291 g/mol. The summed E-state index contributed by atoms with van der Waals surface area (Å²) in [4.78, 5) is 25.2. The molecule has 5 nitrogen and oxygen atoms in total. The van der Waals surface area contributed by atoms with Crippen LogP contribution in [0.5, 0.6) is 5.75 Å². The van der Waals surface area contributed by atoms with Crippen LogP contribution in [0.3, 0.4) is 0 Å². The maximum Gasteiger partial charge on any atom is 0.308 e. The number of nitrogens with zero attached hydrogens (tertiary/aromatic N) is 1. The SMILES string of the molecule is CC(C)Oc1cccc(C(=O)N2C[C@@H](C)[C@H](C(=O)O)C2)c1. The number of carbonyl (C=O) groups is 2. The van der Waals surface area contributed by atoms with Gasteiger partial charge in [-0.25, -0.2) is 0 Å². The lowest BCUT2D eigenvalue weighted by atomic mass is 9.99. The molecule has 1 heterocycles. The predicted molar refractivity (Wildman–Crippen MR) is 78.4 cm³/mol. The molecule has 1 N–H and O–H groups in total. The van der Waals surface area contributed by atoms with E-state index in [2.05, 4.69) is 0 Å². The fourth-order valence-corrected chi connectivity index (χ4v) is 2.61. The molecular weight excluding hydrogens is 270 g/mol. The van der Waals surface area contributed by atoms with E-state index in [0.717, 1.165) is 0 Å². The van der Waals surface area contributed by atoms with E-state index in [-0.39, 0.29) is 24.5 Å². The van der Waals surface area contributed by atoms with Gasteiger partial charge in [0.15, 0.2) is 0 Å². The van der Waals surface area contributed by atoms with Crippen LogP contribution in [0.4, 0.5) is 0 Å². The summed E-state index contributed by atoms with van der Waals surface area (Å²) in [5.41, 5.74) is 0.534. The van der Waals surface area contributed by atoms with Crippen LogP contribution in [-0.2, 0) is 4.79 Å². The topological polar surface area (TPSA) is 66.8 Å². The molecule has 2 atom stereocenters. The number of rotatable bonds is 4. The van der Waals surface area contributed by atoms with E-state index in [1.807, 2.05) is 26.8 Å². The molecule has 1 aliphatic heterocycles. The molecule has 0 bridgehead atoms. The van der Waals surface area contributed by atoms with Crippen molar-refractivity contribution in [3.8, 4) is 5.75 Å². The van der Waals surface area contributed by atoms with E-state index >= 15 is 0 Å². The minimum absolute atomic E-state index is 0.0263. The summed E-state index contributed by atoms with van der Waals surface area (Å²) < 4.78 is 5.58. The van der Waals surface area contributed by atoms with Crippen LogP contribution in [0.15, 0.2) is 24.3 Å². The van der Waals surface area contributed by atoms with E-state index in [0.29, 0.717) is 17.9 Å². The quantitative estimate of drug-likeness (QED) is 0.924. The number of carboxylic acid groups (broad SMARTS) is 1. The summed E-state index contributed by atoms with van der Waals surface area (Å²) in [5, 5.41) is 9.14. The zero-order valence-electron chi connectivity index (χ0n) is 12.6. The average molecular weight is 291 g/mol. The van der Waals surface area contributed by atoms with Crippen LogP contribution in [0.25, 0.3) is 0 Å². The van der Waals surface area contributed by atoms with E-state index in [9.17, 15) is 9.59 Å². The summed E-state index contributed by atoms with van der Waals surface area (Å²) in [6.07, 6.45) is 0.0403. The highest BCUT2D eigenvalue weighted by molar-refractivity contribution is 5.95. The van der Waals surface area contributed by atoms with Crippen molar-refractivity contribution < 1.29 is 19.4 Å². The molecular formula is C16H21NO4. The molecule has 21 heavy (non-hydrogen) atoms. The normalized spacial score (nSPS) is 21.6. The zero-order valence-corrected chi connectivity index (χ0v) is 12.6. The zero-order chi connectivity index (χ0) is 15.6. The van der Waals surface area contributed by atoms with Crippen molar-refractivity contribution >= 4 is 11.9 Å². The van der Waals surface area contributed by atoms with Gasteiger partial charge in [-0.15, -0.1) is 0 Å². The first-order valence-corrected chi connectivity index (χ1v) is 7.17. The smallest absolute Gasteiger partial charge is 0.308 e. The van der Waals surface area contributed by atoms with Gasteiger partial charge in [-0.2, -0.15) is 0 Å². The molecule has 0 unspecified atom stereocenters. The number of hydrogen-bond acceptors (Lipinski definition) is 3. The average Bonchev–Trinajstić information content (AvgIpc) is 2.79. The molecule has 2 rings (SSSR count). The van der Waals surface area contributed by atoms with Gasteiger partial charge in [0, 0.05) is 18.7 Å². The van der Waals surface area contributed by atoms with Crippen molar-refractivity contribution in [2.24, 2.45) is 11.8 Å². The van der Waals surface area contributed by atoms with Crippen LogP contribution in [-0.4, -0.2) is 41.1 Å². The Hall–Kier alpha value is -2.04. The van der Waals surface area contributed by atoms with Crippen LogP contribution >= 0.6 is 0 Å². The third-order valence-electron chi connectivity index (χ3n) is 3.67. The fourth-order valence-electron chi connectivity index (χ4n) is 2.61. The molecule has 114 valence electrons. The standard InChI is InChI=1S/C16H21NO4/c1-10(2)21-13-6-4-5-12(7-13)15(18)17-8-11(3)14(9-17)16(19)20/h4-7,10-11,14H,8-9H2,1-3H3,(H,19,20)/t11-,14-/m1/s1. The molecule has 0 saturated carbocycles. The van der Waals surface area contributed by atoms with E-state index in [1.54, 1.807) is 23.1 Å². The Morgan fingerprint density at radius 3 is 2.62 bits per heavy atom. The molecule has 1 aromatic carbocycles. The van der Waals surface area contributed by atoms with Gasteiger partial charge >= 0.3 is 5.97 Å². The molecule has 1 aliphatic rings. The Balaban J connectivity index is 2.12. The Morgan fingerprint density at radius 2 is 2.05 bits per heavy atom. The first-order valence-electron chi connectivity index (χ1n) is 7.17. The van der Waals surface area contributed by atoms with Gasteiger partial charge in [0.1, 0.15) is 5.75 Å². The van der Waals surface area contributed by atoms with Gasteiger partial charge in [0.25, 0.3) is 5.91 Å². The lowest BCUT2D eigenvalue weighted by Crippen LogP contribution is -2.29. The lowest BCUT2D eigenvalue weighted by molar-refractivity contribution is -0.142. The van der Waals surface area contributed by atoms with Crippen molar-refractivity contribution in [3.05, 3.63) is 29.8 Å². The maximum atomic E-state index is 12.5. The number of carbonyl (C=O) groups excluding carboxylic acids is 1. The minimum Gasteiger partial charge on any atom is -0.491 e. The third-order valence-corrected chi connectivity index (χ3v) is 3.67. The van der Waals surface area contributed by atoms with Crippen LogP contribution in [0, 0.1) is 11.8 Å². The van der Waals surface area contributed by atoms with Gasteiger partial charge in [-0.1, -0.05) is 13.0 Å². The second-order valence-electron chi connectivity index (χ2n) is 5.83. The van der Waals surface area contributed by atoms with Crippen molar-refractivity contribution in [3.63, 3.8) is 0 Å². The van der Waals surface area contributed by atoms with Gasteiger partial charge in [-0.3, -0.25) is 9.59 Å². The number of carboxylic acids is 1. The molecule has 5 heteroatoms. The van der Waals surface area contributed by atoms with E-state index < -0.39 is 11.9 Å². The lowest BCUT2D eigenvalue weighted by Gasteiger charge is -2.17. The highest BCUT2D eigenvalue weighted by Gasteiger charge is 2.37. The number of ether oxygens (including phenoxy) is 1. The van der Waals surface area contributed by atoms with Crippen LogP contribution in [0.1, 0.15) is 31.1 Å². The second-order valence-corrected chi connectivity index (χ2v) is 5.83. The predicted octanol–water partition coefficient (Wildman–Crippen LogP) is 2.27. The number of aliphatic carboxylic acids is 1. The van der Waals surface area contributed by atoms with Gasteiger partial charge in [0.2, 0.25) is 0 Å².